The van der Waals surface area contributed by atoms with Crippen LogP contribution in [0.25, 0.3) is 0 Å². The van der Waals surface area contributed by atoms with Gasteiger partial charge < -0.3 is 20.6 Å². The van der Waals surface area contributed by atoms with Crippen LogP contribution in [0.3, 0.4) is 0 Å². The van der Waals surface area contributed by atoms with Gasteiger partial charge in [0.15, 0.2) is 0 Å². The van der Waals surface area contributed by atoms with E-state index >= 15 is 0 Å². The van der Waals surface area contributed by atoms with Gasteiger partial charge in [-0.3, -0.25) is 4.79 Å². The van der Waals surface area contributed by atoms with Crippen LogP contribution >= 0.6 is 0 Å². The maximum atomic E-state index is 12.4. The third kappa shape index (κ3) is 46.8. The van der Waals surface area contributed by atoms with Gasteiger partial charge in [-0.2, -0.15) is 0 Å². The number of nitrogens with one attached hydrogen (secondary N) is 1. The average Bonchev–Trinajstić information content (AvgIpc) is 3.28. The summed E-state index contributed by atoms with van der Waals surface area (Å²) in [6.07, 6.45) is 66.8. The Balaban J connectivity index is 3.36. The zero-order chi connectivity index (χ0) is 45.1. The van der Waals surface area contributed by atoms with Crippen LogP contribution in [0, 0.1) is 0 Å². The van der Waals surface area contributed by atoms with Gasteiger partial charge >= 0.3 is 0 Å². The molecule has 0 saturated carbocycles. The highest BCUT2D eigenvalue weighted by molar-refractivity contribution is 5.76. The lowest BCUT2D eigenvalue weighted by Crippen LogP contribution is -2.50. The number of aliphatic hydroxyl groups excluding tert-OH is 3. The number of amides is 1. The minimum Gasteiger partial charge on any atom is -0.394 e. The molecule has 0 fully saturated rings. The zero-order valence-electron chi connectivity index (χ0n) is 42.0. The molecule has 62 heavy (non-hydrogen) atoms. The summed E-state index contributed by atoms with van der Waals surface area (Å²) in [5.41, 5.74) is 0. The SMILES string of the molecule is CC/C=C/CC/C=C/CCCC(O)C(O)C(CO)NC(=O)CCCCCCCCCCCCCCCCCCCCCCCCCCCCCCCCCCCCCCCCC. The molecule has 0 saturated heterocycles. The first-order valence-corrected chi connectivity index (χ1v) is 28.1. The van der Waals surface area contributed by atoms with Crippen molar-refractivity contribution in [3.8, 4) is 0 Å². The van der Waals surface area contributed by atoms with Crippen molar-refractivity contribution in [2.45, 2.75) is 327 Å². The van der Waals surface area contributed by atoms with Crippen molar-refractivity contribution >= 4 is 5.91 Å². The largest absolute Gasteiger partial charge is 0.394 e. The monoisotopic (exact) mass is 874 g/mol. The van der Waals surface area contributed by atoms with Gasteiger partial charge in [0, 0.05) is 6.42 Å². The summed E-state index contributed by atoms with van der Waals surface area (Å²) in [7, 11) is 0. The van der Waals surface area contributed by atoms with Crippen molar-refractivity contribution in [2.75, 3.05) is 6.61 Å². The first-order valence-electron chi connectivity index (χ1n) is 28.1. The van der Waals surface area contributed by atoms with E-state index in [4.69, 9.17) is 0 Å². The topological polar surface area (TPSA) is 89.8 Å². The van der Waals surface area contributed by atoms with Crippen LogP contribution in [-0.2, 0) is 4.79 Å². The summed E-state index contributed by atoms with van der Waals surface area (Å²) >= 11 is 0. The highest BCUT2D eigenvalue weighted by Crippen LogP contribution is 2.18. The van der Waals surface area contributed by atoms with Gasteiger partial charge in [0.1, 0.15) is 6.10 Å². The molecular weight excluding hydrogens is 763 g/mol. The van der Waals surface area contributed by atoms with Crippen LogP contribution in [0.2, 0.25) is 0 Å². The Kier molecular flexibility index (Phi) is 51.5. The lowest BCUT2D eigenvalue weighted by molar-refractivity contribution is -0.124. The van der Waals surface area contributed by atoms with E-state index in [0.717, 1.165) is 51.4 Å². The van der Waals surface area contributed by atoms with E-state index in [-0.39, 0.29) is 12.5 Å². The molecule has 0 aliphatic carbocycles. The molecule has 0 aromatic carbocycles. The summed E-state index contributed by atoms with van der Waals surface area (Å²) in [4.78, 5) is 12.4. The van der Waals surface area contributed by atoms with E-state index in [0.29, 0.717) is 12.8 Å². The summed E-state index contributed by atoms with van der Waals surface area (Å²) in [6.45, 7) is 4.06. The van der Waals surface area contributed by atoms with Gasteiger partial charge in [0.05, 0.1) is 18.8 Å². The molecule has 5 nitrogen and oxygen atoms in total. The van der Waals surface area contributed by atoms with Crippen molar-refractivity contribution in [3.63, 3.8) is 0 Å². The number of allylic oxidation sites excluding steroid dienone is 4. The maximum Gasteiger partial charge on any atom is 0.220 e. The Bertz CT molecular complexity index is 920. The van der Waals surface area contributed by atoms with Crippen LogP contribution in [0.5, 0.6) is 0 Å². The van der Waals surface area contributed by atoms with E-state index in [1.54, 1.807) is 0 Å². The van der Waals surface area contributed by atoms with E-state index in [2.05, 4.69) is 43.5 Å². The predicted octanol–water partition coefficient (Wildman–Crippen LogP) is 17.3. The summed E-state index contributed by atoms with van der Waals surface area (Å²) in [5, 5.41) is 33.4. The number of carbonyl (C=O) groups is 1. The van der Waals surface area contributed by atoms with Gasteiger partial charge in [-0.1, -0.05) is 282 Å². The molecule has 5 heteroatoms. The summed E-state index contributed by atoms with van der Waals surface area (Å²) in [6, 6.07) is -0.828. The molecule has 0 bridgehead atoms. The molecule has 3 unspecified atom stereocenters. The number of rotatable bonds is 52. The molecule has 368 valence electrons. The van der Waals surface area contributed by atoms with Gasteiger partial charge in [0.25, 0.3) is 0 Å². The van der Waals surface area contributed by atoms with Gasteiger partial charge in [-0.25, -0.2) is 0 Å². The van der Waals surface area contributed by atoms with E-state index in [1.807, 2.05) is 0 Å². The Morgan fingerprint density at radius 2 is 0.694 bits per heavy atom. The first kappa shape index (κ1) is 60.8. The van der Waals surface area contributed by atoms with Crippen molar-refractivity contribution in [2.24, 2.45) is 0 Å². The van der Waals surface area contributed by atoms with E-state index in [1.165, 1.54) is 231 Å². The van der Waals surface area contributed by atoms with Gasteiger partial charge in [-0.05, 0) is 44.9 Å². The third-order valence-corrected chi connectivity index (χ3v) is 13.3. The lowest BCUT2D eigenvalue weighted by atomic mass is 10.0. The Morgan fingerprint density at radius 1 is 0.403 bits per heavy atom. The normalized spacial score (nSPS) is 13.4. The maximum absolute atomic E-state index is 12.4. The molecule has 0 aromatic heterocycles. The molecule has 0 aliphatic rings. The minimum atomic E-state index is -1.16. The molecule has 0 aromatic rings. The molecule has 0 spiro atoms. The average molecular weight is 875 g/mol. The van der Waals surface area contributed by atoms with Crippen LogP contribution in [0.1, 0.15) is 309 Å². The summed E-state index contributed by atoms with van der Waals surface area (Å²) in [5.74, 6) is -0.156. The fraction of sp³-hybridized carbons (Fsp3) is 0.912. The molecule has 0 aliphatic heterocycles. The second-order valence-corrected chi connectivity index (χ2v) is 19.5. The van der Waals surface area contributed by atoms with Gasteiger partial charge in [-0.15, -0.1) is 0 Å². The van der Waals surface area contributed by atoms with Gasteiger partial charge in [0.2, 0.25) is 5.91 Å². The van der Waals surface area contributed by atoms with Crippen molar-refractivity contribution < 1.29 is 20.1 Å². The minimum absolute atomic E-state index is 0.156. The number of hydrogen-bond donors (Lipinski definition) is 4. The van der Waals surface area contributed by atoms with Crippen molar-refractivity contribution in [1.82, 2.24) is 5.32 Å². The number of hydrogen-bond acceptors (Lipinski definition) is 4. The fourth-order valence-corrected chi connectivity index (χ4v) is 9.01. The Hall–Kier alpha value is -1.17. The van der Waals surface area contributed by atoms with Crippen LogP contribution in [-0.4, -0.2) is 46.1 Å². The summed E-state index contributed by atoms with van der Waals surface area (Å²) < 4.78 is 0. The number of carbonyl (C=O) groups excluding carboxylic acids is 1. The second-order valence-electron chi connectivity index (χ2n) is 19.5. The highest BCUT2D eigenvalue weighted by Gasteiger charge is 2.26. The van der Waals surface area contributed by atoms with Crippen LogP contribution < -0.4 is 5.32 Å². The quantitative estimate of drug-likeness (QED) is 0.0362. The molecule has 0 rings (SSSR count). The zero-order valence-corrected chi connectivity index (χ0v) is 42.0. The van der Waals surface area contributed by atoms with E-state index in [9.17, 15) is 20.1 Å². The Labute approximate surface area is 388 Å². The van der Waals surface area contributed by atoms with Crippen molar-refractivity contribution in [1.29, 1.82) is 0 Å². The first-order chi connectivity index (χ1) is 30.6. The molecule has 0 radical (unpaired) electrons. The molecule has 3 atom stereocenters. The number of unbranched alkanes of at least 4 members (excludes halogenated alkanes) is 40. The standard InChI is InChI=1S/C57H111NO4/c1-3-5-7-9-11-13-14-15-16-17-18-19-20-21-22-23-24-25-26-27-28-29-30-31-32-33-34-35-36-37-38-39-40-41-42-44-46-48-50-52-56(61)58-54(53-59)57(62)55(60)51-49-47-45-43-12-10-8-6-4-2/h6,8,43,45,54-55,57,59-60,62H,3-5,7,9-42,44,46-53H2,1-2H3,(H,58,61)/b8-6+,45-43+. The smallest absolute Gasteiger partial charge is 0.220 e. The fourth-order valence-electron chi connectivity index (χ4n) is 9.01. The predicted molar refractivity (Wildman–Crippen MR) is 273 cm³/mol. The third-order valence-electron chi connectivity index (χ3n) is 13.3. The molecular formula is C57H111NO4. The van der Waals surface area contributed by atoms with Crippen LogP contribution in [0.15, 0.2) is 24.3 Å². The van der Waals surface area contributed by atoms with E-state index < -0.39 is 18.2 Å². The molecule has 0 heterocycles. The molecule has 1 amide bonds. The number of aliphatic hydroxyl groups is 3. The van der Waals surface area contributed by atoms with Crippen LogP contribution in [0.4, 0.5) is 0 Å². The lowest BCUT2D eigenvalue weighted by Gasteiger charge is -2.26. The molecule has 4 N–H and O–H groups in total. The Morgan fingerprint density at radius 3 is 1.00 bits per heavy atom. The highest BCUT2D eigenvalue weighted by atomic mass is 16.3. The van der Waals surface area contributed by atoms with Crippen molar-refractivity contribution in [3.05, 3.63) is 24.3 Å². The second kappa shape index (κ2) is 52.5.